The summed E-state index contributed by atoms with van der Waals surface area (Å²) >= 11 is 5.09. The van der Waals surface area contributed by atoms with Crippen molar-refractivity contribution in [2.24, 2.45) is 0 Å². The molecule has 0 radical (unpaired) electrons. The Morgan fingerprint density at radius 3 is 2.37 bits per heavy atom. The number of hydrogen-bond acceptors (Lipinski definition) is 3. The topological polar surface area (TPSA) is 62.4 Å². The Balaban J connectivity index is 1.73. The fraction of sp³-hybridized carbons (Fsp3) is 0.300. The first-order valence-corrected chi connectivity index (χ1v) is 9.35. The zero-order valence-electron chi connectivity index (χ0n) is 15.3. The summed E-state index contributed by atoms with van der Waals surface area (Å²) in [5.41, 5.74) is 6.21. The van der Waals surface area contributed by atoms with Crippen LogP contribution in [-0.2, 0) is 0 Å². The third-order valence-electron chi connectivity index (χ3n) is 3.77. The number of hydrazine groups is 1. The maximum absolute atomic E-state index is 12.9. The molecule has 7 heteroatoms. The quantitative estimate of drug-likeness (QED) is 0.354. The fourth-order valence-electron chi connectivity index (χ4n) is 2.30. The largest absolute Gasteiger partial charge is 0.494 e. The monoisotopic (exact) mass is 389 g/mol. The molecule has 0 atom stereocenters. The molecule has 0 spiro atoms. The van der Waals surface area contributed by atoms with Gasteiger partial charge in [0, 0.05) is 11.3 Å². The first kappa shape index (κ1) is 20.6. The second-order valence-electron chi connectivity index (χ2n) is 5.97. The molecule has 0 saturated carbocycles. The van der Waals surface area contributed by atoms with Gasteiger partial charge in [0.05, 0.1) is 6.61 Å². The summed E-state index contributed by atoms with van der Waals surface area (Å²) in [6, 6.07) is 12.6. The van der Waals surface area contributed by atoms with Crippen molar-refractivity contribution in [1.29, 1.82) is 0 Å². The van der Waals surface area contributed by atoms with Crippen LogP contribution >= 0.6 is 12.2 Å². The van der Waals surface area contributed by atoms with Crippen LogP contribution in [0.25, 0.3) is 0 Å². The Morgan fingerprint density at radius 2 is 1.70 bits per heavy atom. The van der Waals surface area contributed by atoms with E-state index in [0.717, 1.165) is 18.6 Å². The van der Waals surface area contributed by atoms with Crippen molar-refractivity contribution >= 4 is 28.9 Å². The molecule has 0 saturated heterocycles. The Morgan fingerprint density at radius 1 is 1.00 bits per heavy atom. The standard InChI is InChI=1S/C20H24FN3O2S/c1-2-3-4-5-14-26-18-12-6-15(7-13-18)19(25)23-24-20(27)22-17-10-8-16(21)9-11-17/h6-13H,2-5,14H2,1H3,(H,23,25)(H2,22,24,27). The molecule has 3 N–H and O–H groups in total. The third-order valence-corrected chi connectivity index (χ3v) is 3.98. The van der Waals surface area contributed by atoms with Crippen molar-refractivity contribution in [3.8, 4) is 5.75 Å². The van der Waals surface area contributed by atoms with Crippen molar-refractivity contribution in [3.05, 3.63) is 59.9 Å². The highest BCUT2D eigenvalue weighted by Crippen LogP contribution is 2.13. The van der Waals surface area contributed by atoms with Gasteiger partial charge in [0.15, 0.2) is 5.11 Å². The number of halogens is 1. The molecular weight excluding hydrogens is 365 g/mol. The molecule has 1 amide bonds. The number of nitrogens with one attached hydrogen (secondary N) is 3. The van der Waals surface area contributed by atoms with Crippen LogP contribution in [0, 0.1) is 5.82 Å². The number of rotatable bonds is 8. The second-order valence-corrected chi connectivity index (χ2v) is 6.38. The summed E-state index contributed by atoms with van der Waals surface area (Å²) in [5, 5.41) is 3.04. The van der Waals surface area contributed by atoms with E-state index in [2.05, 4.69) is 23.1 Å². The number of ether oxygens (including phenoxy) is 1. The van der Waals surface area contributed by atoms with Gasteiger partial charge >= 0.3 is 0 Å². The van der Waals surface area contributed by atoms with E-state index in [4.69, 9.17) is 17.0 Å². The number of carbonyl (C=O) groups is 1. The predicted molar refractivity (Wildman–Crippen MR) is 109 cm³/mol. The van der Waals surface area contributed by atoms with Crippen LogP contribution in [0.5, 0.6) is 5.75 Å². The van der Waals surface area contributed by atoms with E-state index in [0.29, 0.717) is 17.9 Å². The lowest BCUT2D eigenvalue weighted by atomic mass is 10.2. The highest BCUT2D eigenvalue weighted by molar-refractivity contribution is 7.80. The average Bonchev–Trinajstić information content (AvgIpc) is 2.68. The number of anilines is 1. The lowest BCUT2D eigenvalue weighted by Crippen LogP contribution is -2.43. The Bertz CT molecular complexity index is 736. The van der Waals surface area contributed by atoms with Gasteiger partial charge in [0.25, 0.3) is 5.91 Å². The van der Waals surface area contributed by atoms with E-state index >= 15 is 0 Å². The molecule has 2 aromatic rings. The van der Waals surface area contributed by atoms with Gasteiger partial charge in [-0.1, -0.05) is 26.2 Å². The van der Waals surface area contributed by atoms with E-state index < -0.39 is 0 Å². The van der Waals surface area contributed by atoms with Crippen molar-refractivity contribution in [3.63, 3.8) is 0 Å². The van der Waals surface area contributed by atoms with Crippen molar-refractivity contribution in [2.75, 3.05) is 11.9 Å². The first-order chi connectivity index (χ1) is 13.1. The molecule has 0 aliphatic heterocycles. The highest BCUT2D eigenvalue weighted by atomic mass is 32.1. The van der Waals surface area contributed by atoms with Gasteiger partial charge in [0.1, 0.15) is 11.6 Å². The lowest BCUT2D eigenvalue weighted by molar-refractivity contribution is 0.0944. The van der Waals surface area contributed by atoms with Crippen molar-refractivity contribution in [1.82, 2.24) is 10.9 Å². The molecule has 0 unspecified atom stereocenters. The maximum atomic E-state index is 12.9. The van der Waals surface area contributed by atoms with Crippen LogP contribution in [0.4, 0.5) is 10.1 Å². The van der Waals surface area contributed by atoms with Crippen molar-refractivity contribution in [2.45, 2.75) is 32.6 Å². The summed E-state index contributed by atoms with van der Waals surface area (Å²) in [7, 11) is 0. The molecule has 0 bridgehead atoms. The fourth-order valence-corrected chi connectivity index (χ4v) is 2.47. The van der Waals surface area contributed by atoms with E-state index in [1.807, 2.05) is 0 Å². The SMILES string of the molecule is CCCCCCOc1ccc(C(=O)NNC(=S)Nc2ccc(F)cc2)cc1. The normalized spacial score (nSPS) is 10.1. The molecule has 0 heterocycles. The molecular formula is C20H24FN3O2S. The van der Waals surface area contributed by atoms with Gasteiger partial charge in [-0.2, -0.15) is 0 Å². The van der Waals surface area contributed by atoms with Gasteiger partial charge in [0.2, 0.25) is 0 Å². The zero-order chi connectivity index (χ0) is 19.5. The summed E-state index contributed by atoms with van der Waals surface area (Å²) < 4.78 is 18.5. The first-order valence-electron chi connectivity index (χ1n) is 8.94. The second kappa shape index (κ2) is 11.1. The van der Waals surface area contributed by atoms with Crippen molar-refractivity contribution < 1.29 is 13.9 Å². The number of benzene rings is 2. The molecule has 27 heavy (non-hydrogen) atoms. The Kier molecular flexibility index (Phi) is 8.51. The smallest absolute Gasteiger partial charge is 0.269 e. The molecule has 0 aliphatic rings. The van der Waals surface area contributed by atoms with E-state index in [1.165, 1.54) is 25.0 Å². The molecule has 144 valence electrons. The minimum Gasteiger partial charge on any atom is -0.494 e. The molecule has 2 aromatic carbocycles. The number of amides is 1. The minimum absolute atomic E-state index is 0.196. The molecule has 0 fully saturated rings. The van der Waals surface area contributed by atoms with Crippen LogP contribution in [0.1, 0.15) is 43.0 Å². The van der Waals surface area contributed by atoms with E-state index in [-0.39, 0.29) is 16.8 Å². The van der Waals surface area contributed by atoms with Crippen LogP contribution in [0.3, 0.4) is 0 Å². The zero-order valence-corrected chi connectivity index (χ0v) is 16.1. The molecule has 0 aliphatic carbocycles. The summed E-state index contributed by atoms with van der Waals surface area (Å²) in [6.07, 6.45) is 4.60. The third kappa shape index (κ3) is 7.62. The Labute approximate surface area is 164 Å². The van der Waals surface area contributed by atoms with Crippen LogP contribution in [-0.4, -0.2) is 17.6 Å². The van der Waals surface area contributed by atoms with E-state index in [9.17, 15) is 9.18 Å². The summed E-state index contributed by atoms with van der Waals surface area (Å²) in [5.74, 6) is 0.0818. The van der Waals surface area contributed by atoms with Crippen LogP contribution in [0.2, 0.25) is 0 Å². The Hall–Kier alpha value is -2.67. The van der Waals surface area contributed by atoms with Gasteiger partial charge in [-0.15, -0.1) is 0 Å². The number of hydrogen-bond donors (Lipinski definition) is 3. The predicted octanol–water partition coefficient (Wildman–Crippen LogP) is 4.42. The average molecular weight is 389 g/mol. The highest BCUT2D eigenvalue weighted by Gasteiger charge is 2.06. The molecule has 2 rings (SSSR count). The molecule has 5 nitrogen and oxygen atoms in total. The minimum atomic E-state index is -0.332. The summed E-state index contributed by atoms with van der Waals surface area (Å²) in [4.78, 5) is 12.1. The summed E-state index contributed by atoms with van der Waals surface area (Å²) in [6.45, 7) is 2.85. The number of carbonyl (C=O) groups excluding carboxylic acids is 1. The van der Waals surface area contributed by atoms with Gasteiger partial charge in [-0.05, 0) is 67.2 Å². The number of unbranched alkanes of at least 4 members (excludes halogenated alkanes) is 3. The van der Waals surface area contributed by atoms with Gasteiger partial charge in [-0.3, -0.25) is 15.6 Å². The maximum Gasteiger partial charge on any atom is 0.269 e. The number of thiocarbonyl (C=S) groups is 1. The van der Waals surface area contributed by atoms with Crippen LogP contribution in [0.15, 0.2) is 48.5 Å². The van der Waals surface area contributed by atoms with Crippen LogP contribution < -0.4 is 20.9 Å². The van der Waals surface area contributed by atoms with E-state index in [1.54, 1.807) is 36.4 Å². The van der Waals surface area contributed by atoms with Gasteiger partial charge in [-0.25, -0.2) is 4.39 Å². The molecule has 0 aromatic heterocycles. The van der Waals surface area contributed by atoms with Gasteiger partial charge < -0.3 is 10.1 Å². The lowest BCUT2D eigenvalue weighted by Gasteiger charge is -2.12.